The van der Waals surface area contributed by atoms with Gasteiger partial charge in [-0.05, 0) is 23.8 Å². The molecular weight excluding hydrogens is 430 g/mol. The highest BCUT2D eigenvalue weighted by Crippen LogP contribution is 2.25. The minimum absolute atomic E-state index is 0.229. The topological polar surface area (TPSA) is 90.4 Å². The highest BCUT2D eigenvalue weighted by Gasteiger charge is 2.20. The van der Waals surface area contributed by atoms with Crippen molar-refractivity contribution < 1.29 is 4.74 Å². The van der Waals surface area contributed by atoms with E-state index in [0.29, 0.717) is 30.2 Å². The normalized spacial score (nSPS) is 13.9. The highest BCUT2D eigenvalue weighted by molar-refractivity contribution is 5.67. The second-order valence-electron chi connectivity index (χ2n) is 7.94. The Morgan fingerprint density at radius 3 is 2.44 bits per heavy atom. The summed E-state index contributed by atoms with van der Waals surface area (Å²) < 4.78 is 8.71. The molecule has 1 aliphatic heterocycles. The number of morpholine rings is 1. The molecule has 0 amide bonds. The summed E-state index contributed by atoms with van der Waals surface area (Å²) in [5.41, 5.74) is 3.52. The number of aromatic nitrogens is 6. The van der Waals surface area contributed by atoms with Crippen molar-refractivity contribution in [1.29, 1.82) is 0 Å². The Balaban J connectivity index is 1.54. The van der Waals surface area contributed by atoms with Gasteiger partial charge in [-0.25, -0.2) is 4.98 Å². The molecule has 6 rings (SSSR count). The number of benzene rings is 1. The summed E-state index contributed by atoms with van der Waals surface area (Å²) in [4.78, 5) is 24.5. The summed E-state index contributed by atoms with van der Waals surface area (Å²) in [5.74, 6) is 1.28. The molecule has 0 radical (unpaired) electrons. The van der Waals surface area contributed by atoms with Gasteiger partial charge in [-0.1, -0.05) is 30.3 Å². The summed E-state index contributed by atoms with van der Waals surface area (Å²) in [6.07, 6.45) is 5.10. The minimum atomic E-state index is -0.229. The SMILES string of the molecule is O=c1c(-c2ccccc2)ccnn1-c1cc(N2CCOCC2)n2nc(-c3ccncc3)cc2n1. The molecule has 1 aliphatic rings. The molecule has 0 bridgehead atoms. The van der Waals surface area contributed by atoms with Crippen molar-refractivity contribution in [3.63, 3.8) is 0 Å². The molecule has 0 N–H and O–H groups in total. The highest BCUT2D eigenvalue weighted by atomic mass is 16.5. The summed E-state index contributed by atoms with van der Waals surface area (Å²) in [5, 5.41) is 9.17. The molecule has 4 aromatic heterocycles. The Labute approximate surface area is 194 Å². The largest absolute Gasteiger partial charge is 0.378 e. The van der Waals surface area contributed by atoms with Crippen LogP contribution in [0.4, 0.5) is 5.82 Å². The predicted molar refractivity (Wildman–Crippen MR) is 128 cm³/mol. The third kappa shape index (κ3) is 3.61. The molecule has 9 heteroatoms. The van der Waals surface area contributed by atoms with Gasteiger partial charge in [0.05, 0.1) is 24.5 Å². The van der Waals surface area contributed by atoms with Gasteiger partial charge in [-0.3, -0.25) is 9.78 Å². The number of hydrogen-bond acceptors (Lipinski definition) is 7. The van der Waals surface area contributed by atoms with Crippen molar-refractivity contribution in [3.05, 3.63) is 89.6 Å². The number of rotatable bonds is 4. The Morgan fingerprint density at radius 2 is 1.65 bits per heavy atom. The molecule has 1 saturated heterocycles. The van der Waals surface area contributed by atoms with Gasteiger partial charge in [-0.2, -0.15) is 19.4 Å². The van der Waals surface area contributed by atoms with Crippen LogP contribution in [0.25, 0.3) is 33.8 Å². The molecule has 0 unspecified atom stereocenters. The van der Waals surface area contributed by atoms with Gasteiger partial charge >= 0.3 is 0 Å². The van der Waals surface area contributed by atoms with Crippen molar-refractivity contribution >= 4 is 11.5 Å². The zero-order valence-corrected chi connectivity index (χ0v) is 18.3. The van der Waals surface area contributed by atoms with E-state index < -0.39 is 0 Å². The van der Waals surface area contributed by atoms with E-state index in [0.717, 1.165) is 35.7 Å². The van der Waals surface area contributed by atoms with E-state index in [2.05, 4.69) is 15.0 Å². The van der Waals surface area contributed by atoms with Crippen LogP contribution in [0.2, 0.25) is 0 Å². The molecule has 1 fully saturated rings. The molecule has 1 aromatic carbocycles. The van der Waals surface area contributed by atoms with Gasteiger partial charge in [0.25, 0.3) is 5.56 Å². The number of nitrogens with zero attached hydrogens (tertiary/aromatic N) is 7. The summed E-state index contributed by atoms with van der Waals surface area (Å²) in [7, 11) is 0. The average molecular weight is 451 g/mol. The standard InChI is InChI=1S/C25H21N7O2/c33-25-20(18-4-2-1-3-5-18)8-11-27-32(25)23-17-24(30-12-14-34-15-13-30)31-22(28-23)16-21(29-31)19-6-9-26-10-7-19/h1-11,16-17H,12-15H2. The molecule has 0 atom stereocenters. The smallest absolute Gasteiger partial charge is 0.280 e. The van der Waals surface area contributed by atoms with Crippen LogP contribution in [0.1, 0.15) is 0 Å². The maximum atomic E-state index is 13.4. The van der Waals surface area contributed by atoms with Crippen molar-refractivity contribution in [2.45, 2.75) is 0 Å². The average Bonchev–Trinajstić information content (AvgIpc) is 3.34. The molecule has 34 heavy (non-hydrogen) atoms. The lowest BCUT2D eigenvalue weighted by Crippen LogP contribution is -2.37. The molecule has 5 heterocycles. The second kappa shape index (κ2) is 8.53. The first kappa shape index (κ1) is 20.3. The number of fused-ring (bicyclic) bond motifs is 1. The van der Waals surface area contributed by atoms with Crippen LogP contribution in [0.3, 0.4) is 0 Å². The molecule has 5 aromatic rings. The van der Waals surface area contributed by atoms with Crippen LogP contribution in [0, 0.1) is 0 Å². The van der Waals surface area contributed by atoms with E-state index in [1.54, 1.807) is 24.7 Å². The van der Waals surface area contributed by atoms with Gasteiger partial charge in [-0.15, -0.1) is 0 Å². The first-order valence-corrected chi connectivity index (χ1v) is 11.1. The van der Waals surface area contributed by atoms with E-state index >= 15 is 0 Å². The van der Waals surface area contributed by atoms with Gasteiger partial charge in [0.2, 0.25) is 0 Å². The summed E-state index contributed by atoms with van der Waals surface area (Å²) in [6, 6.07) is 18.9. The van der Waals surface area contributed by atoms with Gasteiger partial charge in [0, 0.05) is 49.4 Å². The summed E-state index contributed by atoms with van der Waals surface area (Å²) in [6.45, 7) is 2.68. The quantitative estimate of drug-likeness (QED) is 0.415. The fraction of sp³-hybridized carbons (Fsp3) is 0.160. The van der Waals surface area contributed by atoms with Crippen LogP contribution in [-0.2, 0) is 4.74 Å². The summed E-state index contributed by atoms with van der Waals surface area (Å²) >= 11 is 0. The van der Waals surface area contributed by atoms with Crippen LogP contribution < -0.4 is 10.5 Å². The Kier molecular flexibility index (Phi) is 5.08. The number of hydrogen-bond donors (Lipinski definition) is 0. The Hall–Kier alpha value is -4.37. The number of anilines is 1. The Bertz CT molecular complexity index is 1510. The molecule has 0 spiro atoms. The number of pyridine rings is 1. The van der Waals surface area contributed by atoms with Crippen molar-refractivity contribution in [1.82, 2.24) is 29.4 Å². The Morgan fingerprint density at radius 1 is 0.853 bits per heavy atom. The van der Waals surface area contributed by atoms with E-state index in [9.17, 15) is 4.79 Å². The maximum absolute atomic E-state index is 13.4. The molecule has 9 nitrogen and oxygen atoms in total. The third-order valence-electron chi connectivity index (χ3n) is 5.85. The lowest BCUT2D eigenvalue weighted by atomic mass is 10.1. The second-order valence-corrected chi connectivity index (χ2v) is 7.94. The first-order chi connectivity index (χ1) is 16.8. The predicted octanol–water partition coefficient (Wildman–Crippen LogP) is 2.84. The van der Waals surface area contributed by atoms with E-state index in [1.807, 2.05) is 59.1 Å². The monoisotopic (exact) mass is 451 g/mol. The third-order valence-corrected chi connectivity index (χ3v) is 5.85. The van der Waals surface area contributed by atoms with Gasteiger partial charge in [0.1, 0.15) is 5.82 Å². The fourth-order valence-corrected chi connectivity index (χ4v) is 4.15. The van der Waals surface area contributed by atoms with Crippen LogP contribution >= 0.6 is 0 Å². The van der Waals surface area contributed by atoms with Crippen LogP contribution in [0.15, 0.2) is 84.0 Å². The van der Waals surface area contributed by atoms with Crippen molar-refractivity contribution in [3.8, 4) is 28.2 Å². The van der Waals surface area contributed by atoms with Crippen molar-refractivity contribution in [2.75, 3.05) is 31.2 Å². The molecule has 0 saturated carbocycles. The lowest BCUT2D eigenvalue weighted by molar-refractivity contribution is 0.122. The maximum Gasteiger partial charge on any atom is 0.280 e. The van der Waals surface area contributed by atoms with E-state index in [-0.39, 0.29) is 5.56 Å². The molecule has 0 aliphatic carbocycles. The van der Waals surface area contributed by atoms with E-state index in [4.69, 9.17) is 14.8 Å². The zero-order chi connectivity index (χ0) is 22.9. The van der Waals surface area contributed by atoms with Crippen LogP contribution in [0.5, 0.6) is 0 Å². The van der Waals surface area contributed by atoms with Gasteiger partial charge < -0.3 is 9.64 Å². The van der Waals surface area contributed by atoms with E-state index in [1.165, 1.54) is 4.68 Å². The molecule has 168 valence electrons. The lowest BCUT2D eigenvalue weighted by Gasteiger charge is -2.29. The number of ether oxygens (including phenoxy) is 1. The zero-order valence-electron chi connectivity index (χ0n) is 18.3. The fourth-order valence-electron chi connectivity index (χ4n) is 4.15. The van der Waals surface area contributed by atoms with Crippen molar-refractivity contribution in [2.24, 2.45) is 0 Å². The molecular formula is C25H21N7O2. The minimum Gasteiger partial charge on any atom is -0.378 e. The van der Waals surface area contributed by atoms with Gasteiger partial charge in [0.15, 0.2) is 11.5 Å². The first-order valence-electron chi connectivity index (χ1n) is 11.1. The van der Waals surface area contributed by atoms with Crippen LogP contribution in [-0.4, -0.2) is 55.7 Å².